The summed E-state index contributed by atoms with van der Waals surface area (Å²) in [6.07, 6.45) is 4.24. The molecular weight excluding hydrogens is 404 g/mol. The topological polar surface area (TPSA) is 108 Å². The molecule has 7 heteroatoms. The van der Waals surface area contributed by atoms with Crippen LogP contribution in [0.2, 0.25) is 0 Å². The van der Waals surface area contributed by atoms with E-state index in [0.29, 0.717) is 36.5 Å². The predicted molar refractivity (Wildman–Crippen MR) is 118 cm³/mol. The molecule has 1 saturated heterocycles. The lowest BCUT2D eigenvalue weighted by Gasteiger charge is -2.59. The van der Waals surface area contributed by atoms with Crippen molar-refractivity contribution < 1.29 is 14.3 Å². The lowest BCUT2D eigenvalue weighted by molar-refractivity contribution is -0.151. The van der Waals surface area contributed by atoms with E-state index in [0.717, 1.165) is 44.2 Å². The van der Waals surface area contributed by atoms with E-state index in [1.54, 1.807) is 0 Å². The number of amides is 2. The minimum absolute atomic E-state index is 0.0349. The number of morpholine rings is 1. The third-order valence-corrected chi connectivity index (χ3v) is 8.56. The van der Waals surface area contributed by atoms with Crippen molar-refractivity contribution >= 4 is 11.8 Å². The van der Waals surface area contributed by atoms with Crippen LogP contribution in [0, 0.1) is 34.5 Å². The highest BCUT2D eigenvalue weighted by Gasteiger charge is 2.58. The third kappa shape index (κ3) is 3.70. The molecule has 3 N–H and O–H groups in total. The smallest absolute Gasteiger partial charge is 0.250 e. The maximum Gasteiger partial charge on any atom is 0.250 e. The lowest BCUT2D eigenvalue weighted by atomic mass is 9.47. The molecule has 5 aliphatic rings. The van der Waals surface area contributed by atoms with Crippen LogP contribution in [0.4, 0.5) is 0 Å². The molecular formula is C25H32N4O3. The first-order chi connectivity index (χ1) is 15.4. The molecule has 1 heterocycles. The molecule has 0 aromatic heterocycles. The normalized spacial score (nSPS) is 36.9. The van der Waals surface area contributed by atoms with Crippen LogP contribution < -0.4 is 11.1 Å². The van der Waals surface area contributed by atoms with Gasteiger partial charge in [0.05, 0.1) is 18.2 Å². The fraction of sp³-hybridized carbons (Fsp3) is 0.640. The molecule has 1 aliphatic heterocycles. The Morgan fingerprint density at radius 3 is 2.53 bits per heavy atom. The predicted octanol–water partition coefficient (Wildman–Crippen LogP) is 2.12. The van der Waals surface area contributed by atoms with Gasteiger partial charge in [-0.05, 0) is 74.5 Å². The monoisotopic (exact) mass is 436 g/mol. The SMILES string of the molecule is C[C@H](c1ccc(C#N)cc1)N1CCOC(C(=O)NC2C3CC4CC2CC(C(N)=O)(C4)C3)C1. The summed E-state index contributed by atoms with van der Waals surface area (Å²) in [4.78, 5) is 27.6. The number of hydrogen-bond acceptors (Lipinski definition) is 5. The van der Waals surface area contributed by atoms with Gasteiger partial charge in [0.15, 0.2) is 0 Å². The summed E-state index contributed by atoms with van der Waals surface area (Å²) in [6.45, 7) is 3.96. The van der Waals surface area contributed by atoms with Gasteiger partial charge in [-0.2, -0.15) is 5.26 Å². The number of primary amides is 1. The van der Waals surface area contributed by atoms with Crippen LogP contribution in [0.1, 0.15) is 56.2 Å². The van der Waals surface area contributed by atoms with Gasteiger partial charge in [0, 0.05) is 30.6 Å². The summed E-state index contributed by atoms with van der Waals surface area (Å²) in [5.41, 5.74) is 7.23. The van der Waals surface area contributed by atoms with E-state index in [1.807, 2.05) is 24.3 Å². The van der Waals surface area contributed by atoms with E-state index in [2.05, 4.69) is 23.2 Å². The molecule has 7 nitrogen and oxygen atoms in total. The van der Waals surface area contributed by atoms with Crippen molar-refractivity contribution in [1.82, 2.24) is 10.2 Å². The van der Waals surface area contributed by atoms with Gasteiger partial charge in [-0.1, -0.05) is 12.1 Å². The first kappa shape index (κ1) is 21.4. The van der Waals surface area contributed by atoms with E-state index in [9.17, 15) is 9.59 Å². The molecule has 1 aromatic rings. The van der Waals surface area contributed by atoms with Gasteiger partial charge >= 0.3 is 0 Å². The van der Waals surface area contributed by atoms with Crippen molar-refractivity contribution in [1.29, 1.82) is 5.26 Å². The largest absolute Gasteiger partial charge is 0.369 e. The summed E-state index contributed by atoms with van der Waals surface area (Å²) in [5, 5.41) is 12.3. The third-order valence-electron chi connectivity index (χ3n) is 8.56. The molecule has 4 aliphatic carbocycles. The maximum absolute atomic E-state index is 13.2. The van der Waals surface area contributed by atoms with E-state index in [1.165, 1.54) is 0 Å². The number of nitrogens with one attached hydrogen (secondary N) is 1. The van der Waals surface area contributed by atoms with E-state index in [-0.39, 0.29) is 29.3 Å². The van der Waals surface area contributed by atoms with Crippen molar-refractivity contribution in [2.45, 2.75) is 57.2 Å². The van der Waals surface area contributed by atoms with Crippen LogP contribution in [-0.2, 0) is 14.3 Å². The van der Waals surface area contributed by atoms with Crippen LogP contribution in [0.3, 0.4) is 0 Å². The summed E-state index contributed by atoms with van der Waals surface area (Å²) in [5.74, 6) is 1.07. The van der Waals surface area contributed by atoms with Crippen LogP contribution in [0.5, 0.6) is 0 Å². The molecule has 0 spiro atoms. The maximum atomic E-state index is 13.2. The molecule has 1 aromatic carbocycles. The average Bonchev–Trinajstić information content (AvgIpc) is 2.80. The molecule has 2 amide bonds. The second-order valence-corrected chi connectivity index (χ2v) is 10.4. The van der Waals surface area contributed by atoms with Gasteiger partial charge < -0.3 is 15.8 Å². The van der Waals surface area contributed by atoms with E-state index in [4.69, 9.17) is 15.7 Å². The molecule has 5 fully saturated rings. The number of nitrogens with zero attached hydrogens (tertiary/aromatic N) is 2. The quantitative estimate of drug-likeness (QED) is 0.735. The summed E-state index contributed by atoms with van der Waals surface area (Å²) < 4.78 is 5.87. The second-order valence-electron chi connectivity index (χ2n) is 10.4. The Balaban J connectivity index is 1.22. The number of carbonyl (C=O) groups excluding carboxylic acids is 2. The van der Waals surface area contributed by atoms with Crippen molar-refractivity contribution in [2.24, 2.45) is 28.9 Å². The molecule has 4 bridgehead atoms. The number of hydrogen-bond donors (Lipinski definition) is 2. The minimum Gasteiger partial charge on any atom is -0.369 e. The van der Waals surface area contributed by atoms with Gasteiger partial charge in [-0.15, -0.1) is 0 Å². The molecule has 32 heavy (non-hydrogen) atoms. The van der Waals surface area contributed by atoms with Crippen molar-refractivity contribution in [3.05, 3.63) is 35.4 Å². The van der Waals surface area contributed by atoms with Crippen molar-refractivity contribution in [3.63, 3.8) is 0 Å². The summed E-state index contributed by atoms with van der Waals surface area (Å²) in [7, 11) is 0. The van der Waals surface area contributed by atoms with Gasteiger partial charge in [0.1, 0.15) is 6.10 Å². The molecule has 4 atom stereocenters. The average molecular weight is 437 g/mol. The molecule has 0 radical (unpaired) electrons. The zero-order chi connectivity index (χ0) is 22.5. The van der Waals surface area contributed by atoms with Gasteiger partial charge in [0.2, 0.25) is 5.91 Å². The Hall–Kier alpha value is -2.43. The van der Waals surface area contributed by atoms with Crippen molar-refractivity contribution in [2.75, 3.05) is 19.7 Å². The van der Waals surface area contributed by atoms with E-state index >= 15 is 0 Å². The first-order valence-corrected chi connectivity index (χ1v) is 11.8. The fourth-order valence-electron chi connectivity index (χ4n) is 7.05. The highest BCUT2D eigenvalue weighted by molar-refractivity contribution is 5.83. The van der Waals surface area contributed by atoms with Gasteiger partial charge in [-0.25, -0.2) is 0 Å². The number of carbonyl (C=O) groups is 2. The standard InChI is InChI=1S/C25H32N4O3/c1-15(18-4-2-16(13-26)3-5-18)29-6-7-32-21(14-29)23(30)28-22-19-8-17-9-20(22)12-25(10-17,11-19)24(27)31/h2-5,15,17,19-22H,6-12,14H2,1H3,(H2,27,31)(H,28,30)/t15-,17?,19?,20?,21?,22?,25?/m1/s1. The number of rotatable bonds is 5. The van der Waals surface area contributed by atoms with Gasteiger partial charge in [0.25, 0.3) is 5.91 Å². The number of nitriles is 1. The Kier molecular flexibility index (Phi) is 5.47. The Morgan fingerprint density at radius 2 is 1.91 bits per heavy atom. The fourth-order valence-corrected chi connectivity index (χ4v) is 7.05. The van der Waals surface area contributed by atoms with Crippen LogP contribution in [0.25, 0.3) is 0 Å². The summed E-state index contributed by atoms with van der Waals surface area (Å²) in [6, 6.07) is 10.1. The first-order valence-electron chi connectivity index (χ1n) is 11.8. The molecule has 170 valence electrons. The van der Waals surface area contributed by atoms with E-state index < -0.39 is 6.10 Å². The van der Waals surface area contributed by atoms with Gasteiger partial charge in [-0.3, -0.25) is 14.5 Å². The number of benzene rings is 1. The molecule has 4 saturated carbocycles. The second kappa shape index (κ2) is 8.17. The highest BCUT2D eigenvalue weighted by Crippen LogP contribution is 2.59. The number of ether oxygens (including phenoxy) is 1. The Labute approximate surface area is 189 Å². The molecule has 6 rings (SSSR count). The lowest BCUT2D eigenvalue weighted by Crippen LogP contribution is -2.63. The van der Waals surface area contributed by atoms with Crippen LogP contribution >= 0.6 is 0 Å². The Morgan fingerprint density at radius 1 is 1.22 bits per heavy atom. The van der Waals surface area contributed by atoms with Crippen molar-refractivity contribution in [3.8, 4) is 6.07 Å². The van der Waals surface area contributed by atoms with Crippen LogP contribution in [-0.4, -0.2) is 48.6 Å². The minimum atomic E-state index is -0.494. The zero-order valence-corrected chi connectivity index (χ0v) is 18.6. The summed E-state index contributed by atoms with van der Waals surface area (Å²) >= 11 is 0. The molecule has 3 unspecified atom stereocenters. The number of nitrogens with two attached hydrogens (primary N) is 1. The van der Waals surface area contributed by atoms with Crippen LogP contribution in [0.15, 0.2) is 24.3 Å². The highest BCUT2D eigenvalue weighted by atomic mass is 16.5. The Bertz CT molecular complexity index is 924. The zero-order valence-electron chi connectivity index (χ0n) is 18.6.